The van der Waals surface area contributed by atoms with Gasteiger partial charge in [0, 0.05) is 30.4 Å². The van der Waals surface area contributed by atoms with E-state index in [1.807, 2.05) is 68.6 Å². The van der Waals surface area contributed by atoms with Crippen LogP contribution >= 0.6 is 0 Å². The van der Waals surface area contributed by atoms with E-state index in [4.69, 9.17) is 14.8 Å². The maximum Gasteiger partial charge on any atom is 0.337 e. The molecule has 4 rings (SSSR count). The third-order valence-electron chi connectivity index (χ3n) is 6.61. The lowest BCUT2D eigenvalue weighted by Gasteiger charge is -2.37. The summed E-state index contributed by atoms with van der Waals surface area (Å²) in [4.78, 5) is 19.5. The number of nitrogens with zero attached hydrogens (tertiary/aromatic N) is 4. The van der Waals surface area contributed by atoms with Gasteiger partial charge in [0.05, 0.1) is 16.9 Å². The van der Waals surface area contributed by atoms with Crippen LogP contribution in [0.5, 0.6) is 0 Å². The Hall–Kier alpha value is -2.93. The summed E-state index contributed by atoms with van der Waals surface area (Å²) in [5.41, 5.74) is 3.13. The smallest absolute Gasteiger partial charge is 0.337 e. The number of aromatic nitrogens is 3. The van der Waals surface area contributed by atoms with Crippen LogP contribution in [0.2, 0.25) is 0 Å². The molecule has 3 heterocycles. The standard InChI is InChI=1S/C27H36N4O3/c1-17(2)19-12-14-30(15-13-19)25-23(24(26(32)33)34-27(4,5)6)18(3)28-22-16-21(29-31(22)25)20-10-8-7-9-11-20/h7-11,16-17,19,24H,12-15H2,1-6H3,(H,32,33)/t24-/m0/s1. The lowest BCUT2D eigenvalue weighted by Crippen LogP contribution is -2.38. The molecule has 1 fully saturated rings. The first-order valence-electron chi connectivity index (χ1n) is 12.2. The first-order valence-corrected chi connectivity index (χ1v) is 12.2. The molecule has 182 valence electrons. The number of carboxylic acids is 1. The normalized spacial score (nSPS) is 16.4. The predicted octanol–water partition coefficient (Wildman–Crippen LogP) is 5.52. The van der Waals surface area contributed by atoms with Crippen molar-refractivity contribution in [1.29, 1.82) is 0 Å². The number of fused-ring (bicyclic) bond motifs is 1. The number of benzene rings is 1. The minimum Gasteiger partial charge on any atom is -0.479 e. The summed E-state index contributed by atoms with van der Waals surface area (Å²) in [7, 11) is 0. The van der Waals surface area contributed by atoms with Gasteiger partial charge in [-0.05, 0) is 52.4 Å². The third kappa shape index (κ3) is 4.94. The monoisotopic (exact) mass is 464 g/mol. The Morgan fingerprint density at radius 1 is 1.15 bits per heavy atom. The van der Waals surface area contributed by atoms with Crippen LogP contribution in [-0.2, 0) is 9.53 Å². The molecule has 1 aromatic carbocycles. The fraction of sp³-hybridized carbons (Fsp3) is 0.519. The van der Waals surface area contributed by atoms with Crippen molar-refractivity contribution in [3.05, 3.63) is 47.7 Å². The lowest BCUT2D eigenvalue weighted by atomic mass is 9.86. The summed E-state index contributed by atoms with van der Waals surface area (Å²) in [6, 6.07) is 12.0. The van der Waals surface area contributed by atoms with Crippen molar-refractivity contribution < 1.29 is 14.6 Å². The van der Waals surface area contributed by atoms with E-state index in [0.29, 0.717) is 28.7 Å². The average molecular weight is 465 g/mol. The van der Waals surface area contributed by atoms with Crippen molar-refractivity contribution in [2.75, 3.05) is 18.0 Å². The van der Waals surface area contributed by atoms with E-state index in [1.165, 1.54) is 0 Å². The minimum atomic E-state index is -1.14. The van der Waals surface area contributed by atoms with Crippen LogP contribution in [0.3, 0.4) is 0 Å². The zero-order valence-electron chi connectivity index (χ0n) is 21.1. The van der Waals surface area contributed by atoms with E-state index < -0.39 is 17.7 Å². The van der Waals surface area contributed by atoms with E-state index in [1.54, 1.807) is 0 Å². The Bertz CT molecular complexity index is 1160. The van der Waals surface area contributed by atoms with Crippen molar-refractivity contribution in [2.24, 2.45) is 11.8 Å². The van der Waals surface area contributed by atoms with Crippen LogP contribution in [0, 0.1) is 18.8 Å². The molecule has 0 radical (unpaired) electrons. The first kappa shape index (κ1) is 24.2. The van der Waals surface area contributed by atoms with Gasteiger partial charge in [0.1, 0.15) is 5.82 Å². The number of piperidine rings is 1. The van der Waals surface area contributed by atoms with E-state index in [-0.39, 0.29) is 0 Å². The summed E-state index contributed by atoms with van der Waals surface area (Å²) >= 11 is 0. The molecule has 1 aliphatic heterocycles. The molecule has 1 atom stereocenters. The topological polar surface area (TPSA) is 80.0 Å². The van der Waals surface area contributed by atoms with Crippen LogP contribution in [0.1, 0.15) is 64.8 Å². The lowest BCUT2D eigenvalue weighted by molar-refractivity contribution is -0.160. The molecule has 3 aromatic rings. The molecule has 0 bridgehead atoms. The fourth-order valence-corrected chi connectivity index (χ4v) is 4.84. The van der Waals surface area contributed by atoms with Gasteiger partial charge in [-0.15, -0.1) is 0 Å². The third-order valence-corrected chi connectivity index (χ3v) is 6.61. The van der Waals surface area contributed by atoms with Gasteiger partial charge in [0.2, 0.25) is 0 Å². The number of aryl methyl sites for hydroxylation is 1. The maximum absolute atomic E-state index is 12.5. The molecule has 0 aliphatic carbocycles. The molecule has 34 heavy (non-hydrogen) atoms. The van der Waals surface area contributed by atoms with Crippen LogP contribution in [-0.4, -0.2) is 44.4 Å². The molecular formula is C27H36N4O3. The highest BCUT2D eigenvalue weighted by atomic mass is 16.5. The van der Waals surface area contributed by atoms with E-state index in [2.05, 4.69) is 18.7 Å². The van der Waals surface area contributed by atoms with Crippen LogP contribution in [0.15, 0.2) is 36.4 Å². The number of aliphatic carboxylic acids is 1. The van der Waals surface area contributed by atoms with Crippen molar-refractivity contribution in [1.82, 2.24) is 14.6 Å². The molecule has 1 saturated heterocycles. The number of carboxylic acid groups (broad SMARTS) is 1. The number of hydrogen-bond donors (Lipinski definition) is 1. The molecule has 0 spiro atoms. The van der Waals surface area contributed by atoms with Gasteiger partial charge in [-0.25, -0.2) is 9.78 Å². The summed E-state index contributed by atoms with van der Waals surface area (Å²) in [5.74, 6) is 1.05. The summed E-state index contributed by atoms with van der Waals surface area (Å²) in [6.45, 7) is 13.7. The van der Waals surface area contributed by atoms with Crippen LogP contribution < -0.4 is 4.90 Å². The minimum absolute atomic E-state index is 0.584. The van der Waals surface area contributed by atoms with E-state index in [0.717, 1.165) is 43.0 Å². The van der Waals surface area contributed by atoms with Gasteiger partial charge in [-0.2, -0.15) is 9.61 Å². The van der Waals surface area contributed by atoms with E-state index in [9.17, 15) is 9.90 Å². The van der Waals surface area contributed by atoms with Crippen molar-refractivity contribution >= 4 is 17.4 Å². The number of anilines is 1. The number of rotatable bonds is 6. The predicted molar refractivity (Wildman–Crippen MR) is 134 cm³/mol. The largest absolute Gasteiger partial charge is 0.479 e. The van der Waals surface area contributed by atoms with Gasteiger partial charge in [0.25, 0.3) is 0 Å². The van der Waals surface area contributed by atoms with Crippen LogP contribution in [0.25, 0.3) is 16.9 Å². The highest BCUT2D eigenvalue weighted by Gasteiger charge is 2.35. The SMILES string of the molecule is Cc1nc2cc(-c3ccccc3)nn2c(N2CCC(C(C)C)CC2)c1[C@H](OC(C)(C)C)C(=O)O. The zero-order chi connectivity index (χ0) is 24.6. The Morgan fingerprint density at radius 2 is 1.79 bits per heavy atom. The van der Waals surface area contributed by atoms with Gasteiger partial charge in [-0.3, -0.25) is 0 Å². The molecule has 0 amide bonds. The molecule has 7 heteroatoms. The van der Waals surface area contributed by atoms with Crippen molar-refractivity contribution in [3.8, 4) is 11.3 Å². The second kappa shape index (κ2) is 9.37. The van der Waals surface area contributed by atoms with Crippen LogP contribution in [0.4, 0.5) is 5.82 Å². The first-order chi connectivity index (χ1) is 16.0. The summed E-state index contributed by atoms with van der Waals surface area (Å²) in [5, 5.41) is 15.1. The molecule has 0 unspecified atom stereocenters. The molecule has 0 saturated carbocycles. The quantitative estimate of drug-likeness (QED) is 0.518. The summed E-state index contributed by atoms with van der Waals surface area (Å²) < 4.78 is 7.91. The maximum atomic E-state index is 12.5. The molecule has 2 aromatic heterocycles. The Morgan fingerprint density at radius 3 is 2.35 bits per heavy atom. The van der Waals surface area contributed by atoms with E-state index >= 15 is 0 Å². The van der Waals surface area contributed by atoms with Gasteiger partial charge in [-0.1, -0.05) is 44.2 Å². The molecule has 7 nitrogen and oxygen atoms in total. The highest BCUT2D eigenvalue weighted by Crippen LogP contribution is 2.37. The molecular weight excluding hydrogens is 428 g/mol. The molecule has 1 aliphatic rings. The van der Waals surface area contributed by atoms with Gasteiger partial charge >= 0.3 is 5.97 Å². The van der Waals surface area contributed by atoms with Crippen molar-refractivity contribution in [3.63, 3.8) is 0 Å². The van der Waals surface area contributed by atoms with Gasteiger partial charge in [0.15, 0.2) is 11.8 Å². The number of hydrogen-bond acceptors (Lipinski definition) is 5. The Balaban J connectivity index is 1.90. The zero-order valence-corrected chi connectivity index (χ0v) is 21.1. The highest BCUT2D eigenvalue weighted by molar-refractivity contribution is 5.79. The Labute approximate surface area is 201 Å². The van der Waals surface area contributed by atoms with Crippen molar-refractivity contribution in [2.45, 2.75) is 66.1 Å². The van der Waals surface area contributed by atoms with Gasteiger partial charge < -0.3 is 14.7 Å². The summed E-state index contributed by atoms with van der Waals surface area (Å²) in [6.07, 6.45) is 0.981. The Kier molecular flexibility index (Phi) is 6.67. The average Bonchev–Trinajstić information content (AvgIpc) is 3.20. The number of carbonyl (C=O) groups is 1. The second-order valence-corrected chi connectivity index (χ2v) is 10.6. The second-order valence-electron chi connectivity index (χ2n) is 10.6. The molecule has 1 N–H and O–H groups in total. The number of ether oxygens (including phenoxy) is 1. The fourth-order valence-electron chi connectivity index (χ4n) is 4.84.